The maximum absolute atomic E-state index is 11.0. The highest BCUT2D eigenvalue weighted by Gasteiger charge is 2.29. The summed E-state index contributed by atoms with van der Waals surface area (Å²) < 4.78 is 6.81. The largest absolute Gasteiger partial charge is 0.478 e. The lowest BCUT2D eigenvalue weighted by molar-refractivity contribution is 0.0290. The van der Waals surface area contributed by atoms with Crippen molar-refractivity contribution in [3.05, 3.63) is 23.0 Å². The molecule has 6 heteroatoms. The smallest absolute Gasteiger partial charge is 0.352 e. The van der Waals surface area contributed by atoms with Crippen LogP contribution >= 0.6 is 0 Å². The highest BCUT2D eigenvalue weighted by Crippen LogP contribution is 2.28. The number of carboxylic acid groups (broad SMARTS) is 2. The molecule has 0 aliphatic carbocycles. The molecule has 2 N–H and O–H groups in total. The fourth-order valence-corrected chi connectivity index (χ4v) is 1.99. The Labute approximate surface area is 91.1 Å². The van der Waals surface area contributed by atoms with E-state index in [4.69, 9.17) is 14.9 Å². The zero-order chi connectivity index (χ0) is 11.9. The number of fused-ring (bicyclic) bond motifs is 1. The Morgan fingerprint density at radius 1 is 1.44 bits per heavy atom. The van der Waals surface area contributed by atoms with Gasteiger partial charge in [0.25, 0.3) is 0 Å². The fourth-order valence-electron chi connectivity index (χ4n) is 1.99. The van der Waals surface area contributed by atoms with E-state index in [1.165, 1.54) is 10.6 Å². The van der Waals surface area contributed by atoms with Gasteiger partial charge in [0, 0.05) is 6.54 Å². The summed E-state index contributed by atoms with van der Waals surface area (Å²) in [4.78, 5) is 22.0. The predicted molar refractivity (Wildman–Crippen MR) is 52.7 cm³/mol. The van der Waals surface area contributed by atoms with Crippen LogP contribution in [0.1, 0.15) is 39.6 Å². The second-order valence-electron chi connectivity index (χ2n) is 3.60. The first-order valence-electron chi connectivity index (χ1n) is 4.84. The van der Waals surface area contributed by atoms with E-state index in [9.17, 15) is 9.59 Å². The molecule has 2 heterocycles. The van der Waals surface area contributed by atoms with Gasteiger partial charge in [-0.2, -0.15) is 0 Å². The normalized spacial score (nSPS) is 19.2. The van der Waals surface area contributed by atoms with Crippen LogP contribution in [-0.2, 0) is 11.3 Å². The molecule has 86 valence electrons. The third-order valence-corrected chi connectivity index (χ3v) is 2.66. The van der Waals surface area contributed by atoms with Crippen molar-refractivity contribution < 1.29 is 24.5 Å². The maximum Gasteiger partial charge on any atom is 0.352 e. The van der Waals surface area contributed by atoms with E-state index in [1.54, 1.807) is 6.92 Å². The molecule has 1 aliphatic rings. The quantitative estimate of drug-likeness (QED) is 0.783. The first-order chi connectivity index (χ1) is 7.52. The molecule has 1 unspecified atom stereocenters. The Hall–Kier alpha value is -1.82. The van der Waals surface area contributed by atoms with Crippen LogP contribution in [0, 0.1) is 0 Å². The van der Waals surface area contributed by atoms with Crippen LogP contribution in [-0.4, -0.2) is 33.3 Å². The topological polar surface area (TPSA) is 88.8 Å². The van der Waals surface area contributed by atoms with E-state index in [1.807, 2.05) is 0 Å². The van der Waals surface area contributed by atoms with Crippen molar-refractivity contribution in [3.63, 3.8) is 0 Å². The van der Waals surface area contributed by atoms with E-state index in [0.29, 0.717) is 18.8 Å². The standard InChI is InChI=1S/C10H11NO5/c1-5-8-6(9(12)13)4-7(10(14)15)11(8)2-3-16-5/h4-5H,2-3H2,1H3,(H,12,13)(H,14,15). The van der Waals surface area contributed by atoms with Gasteiger partial charge in [0.1, 0.15) is 5.69 Å². The summed E-state index contributed by atoms with van der Waals surface area (Å²) in [5, 5.41) is 18.0. The molecular formula is C10H11NO5. The second-order valence-corrected chi connectivity index (χ2v) is 3.60. The lowest BCUT2D eigenvalue weighted by Crippen LogP contribution is -2.23. The van der Waals surface area contributed by atoms with Crippen molar-refractivity contribution in [1.29, 1.82) is 0 Å². The highest BCUT2D eigenvalue weighted by molar-refractivity contribution is 5.95. The molecule has 0 amide bonds. The second kappa shape index (κ2) is 3.64. The van der Waals surface area contributed by atoms with Crippen LogP contribution in [0.2, 0.25) is 0 Å². The van der Waals surface area contributed by atoms with Gasteiger partial charge in [0.2, 0.25) is 0 Å². The summed E-state index contributed by atoms with van der Waals surface area (Å²) in [6.45, 7) is 2.47. The summed E-state index contributed by atoms with van der Waals surface area (Å²) in [5.74, 6) is -2.25. The number of aromatic carboxylic acids is 2. The SMILES string of the molecule is CC1OCCn2c(C(=O)O)cc(C(=O)O)c21. The van der Waals surface area contributed by atoms with Gasteiger partial charge in [-0.05, 0) is 13.0 Å². The van der Waals surface area contributed by atoms with Gasteiger partial charge in [-0.25, -0.2) is 9.59 Å². The van der Waals surface area contributed by atoms with Gasteiger partial charge in [-0.3, -0.25) is 0 Å². The molecule has 0 fully saturated rings. The lowest BCUT2D eigenvalue weighted by atomic mass is 10.1. The maximum atomic E-state index is 11.0. The van der Waals surface area contributed by atoms with E-state index >= 15 is 0 Å². The first kappa shape index (κ1) is 10.7. The Kier molecular flexibility index (Phi) is 2.43. The van der Waals surface area contributed by atoms with Crippen molar-refractivity contribution in [2.24, 2.45) is 0 Å². The Balaban J connectivity index is 2.65. The van der Waals surface area contributed by atoms with E-state index < -0.39 is 18.0 Å². The summed E-state index contributed by atoms with van der Waals surface area (Å²) in [5.41, 5.74) is 0.434. The van der Waals surface area contributed by atoms with E-state index in [0.717, 1.165) is 0 Å². The number of hydrogen-bond acceptors (Lipinski definition) is 3. The lowest BCUT2D eigenvalue weighted by Gasteiger charge is -2.23. The van der Waals surface area contributed by atoms with Crippen molar-refractivity contribution >= 4 is 11.9 Å². The van der Waals surface area contributed by atoms with Crippen molar-refractivity contribution in [2.45, 2.75) is 19.6 Å². The average Bonchev–Trinajstić information content (AvgIpc) is 2.58. The molecule has 16 heavy (non-hydrogen) atoms. The summed E-state index contributed by atoms with van der Waals surface area (Å²) in [7, 11) is 0. The molecule has 0 spiro atoms. The molecule has 1 aromatic rings. The van der Waals surface area contributed by atoms with Gasteiger partial charge in [-0.1, -0.05) is 0 Å². The van der Waals surface area contributed by atoms with Gasteiger partial charge in [0.15, 0.2) is 0 Å². The number of hydrogen-bond donors (Lipinski definition) is 2. The molecule has 1 aliphatic heterocycles. The molecule has 1 atom stereocenters. The zero-order valence-corrected chi connectivity index (χ0v) is 8.64. The molecule has 6 nitrogen and oxygen atoms in total. The molecule has 1 aromatic heterocycles. The average molecular weight is 225 g/mol. The van der Waals surface area contributed by atoms with Crippen molar-refractivity contribution in [1.82, 2.24) is 4.57 Å². The number of nitrogens with zero attached hydrogens (tertiary/aromatic N) is 1. The Morgan fingerprint density at radius 3 is 2.69 bits per heavy atom. The third-order valence-electron chi connectivity index (χ3n) is 2.66. The third kappa shape index (κ3) is 1.47. The van der Waals surface area contributed by atoms with Gasteiger partial charge in [0.05, 0.1) is 24.0 Å². The van der Waals surface area contributed by atoms with Gasteiger partial charge in [-0.15, -0.1) is 0 Å². The van der Waals surface area contributed by atoms with Gasteiger partial charge < -0.3 is 19.5 Å². The minimum Gasteiger partial charge on any atom is -0.478 e. The number of carbonyl (C=O) groups is 2. The van der Waals surface area contributed by atoms with Crippen molar-refractivity contribution in [3.8, 4) is 0 Å². The van der Waals surface area contributed by atoms with Gasteiger partial charge >= 0.3 is 11.9 Å². The first-order valence-corrected chi connectivity index (χ1v) is 4.84. The molecular weight excluding hydrogens is 214 g/mol. The van der Waals surface area contributed by atoms with Crippen molar-refractivity contribution in [2.75, 3.05) is 6.61 Å². The number of carboxylic acids is 2. The van der Waals surface area contributed by atoms with Crippen LogP contribution in [0.15, 0.2) is 6.07 Å². The number of rotatable bonds is 2. The van der Waals surface area contributed by atoms with Crippen LogP contribution in [0.4, 0.5) is 0 Å². The highest BCUT2D eigenvalue weighted by atomic mass is 16.5. The minimum absolute atomic E-state index is 0.00236. The summed E-state index contributed by atoms with van der Waals surface area (Å²) in [6.07, 6.45) is -0.395. The van der Waals surface area contributed by atoms with Crippen LogP contribution in [0.3, 0.4) is 0 Å². The Morgan fingerprint density at radius 2 is 2.12 bits per heavy atom. The summed E-state index contributed by atoms with van der Waals surface area (Å²) >= 11 is 0. The number of ether oxygens (including phenoxy) is 1. The molecule has 0 saturated heterocycles. The van der Waals surface area contributed by atoms with Crippen LogP contribution in [0.5, 0.6) is 0 Å². The fraction of sp³-hybridized carbons (Fsp3) is 0.400. The van der Waals surface area contributed by atoms with Crippen LogP contribution < -0.4 is 0 Å². The summed E-state index contributed by atoms with van der Waals surface area (Å²) in [6, 6.07) is 1.19. The minimum atomic E-state index is -1.13. The predicted octanol–water partition coefficient (Wildman–Crippen LogP) is 0.976. The Bertz CT molecular complexity index is 462. The number of aromatic nitrogens is 1. The van der Waals surface area contributed by atoms with Crippen LogP contribution in [0.25, 0.3) is 0 Å². The monoisotopic (exact) mass is 225 g/mol. The van der Waals surface area contributed by atoms with E-state index in [-0.39, 0.29) is 11.3 Å². The molecule has 2 rings (SSSR count). The molecule has 0 bridgehead atoms. The van der Waals surface area contributed by atoms with E-state index in [2.05, 4.69) is 0 Å². The molecule has 0 aromatic carbocycles. The molecule has 0 radical (unpaired) electrons. The molecule has 0 saturated carbocycles. The zero-order valence-electron chi connectivity index (χ0n) is 8.64.